The van der Waals surface area contributed by atoms with Gasteiger partial charge in [-0.05, 0) is 43.4 Å². The molecular formula is C16H24N2. The number of nitrogens with zero attached hydrogens (tertiary/aromatic N) is 1. The van der Waals surface area contributed by atoms with Gasteiger partial charge in [0.25, 0.3) is 0 Å². The van der Waals surface area contributed by atoms with E-state index in [2.05, 4.69) is 30.0 Å². The third kappa shape index (κ3) is 2.03. The fourth-order valence-corrected chi connectivity index (χ4v) is 3.68. The molecule has 98 valence electrons. The number of hydrogen-bond donors (Lipinski definition) is 1. The molecule has 1 aliphatic carbocycles. The van der Waals surface area contributed by atoms with Gasteiger partial charge in [-0.1, -0.05) is 31.4 Å². The fourth-order valence-electron chi connectivity index (χ4n) is 3.68. The molecule has 1 fully saturated rings. The summed E-state index contributed by atoms with van der Waals surface area (Å²) in [5.41, 5.74) is 10.4. The van der Waals surface area contributed by atoms with Gasteiger partial charge in [0.2, 0.25) is 0 Å². The summed E-state index contributed by atoms with van der Waals surface area (Å²) in [6, 6.07) is 7.62. The molecule has 0 radical (unpaired) electrons. The summed E-state index contributed by atoms with van der Waals surface area (Å²) >= 11 is 0. The summed E-state index contributed by atoms with van der Waals surface area (Å²) in [4.78, 5) is 2.65. The molecule has 2 nitrogen and oxygen atoms in total. The summed E-state index contributed by atoms with van der Waals surface area (Å²) < 4.78 is 0. The largest absolute Gasteiger partial charge is 0.368 e. The Labute approximate surface area is 110 Å². The normalized spacial score (nSPS) is 22.0. The second-order valence-electron chi connectivity index (χ2n) is 5.87. The lowest BCUT2D eigenvalue weighted by Crippen LogP contribution is -2.35. The molecule has 18 heavy (non-hydrogen) atoms. The van der Waals surface area contributed by atoms with Crippen LogP contribution in [0.25, 0.3) is 0 Å². The minimum Gasteiger partial charge on any atom is -0.368 e. The van der Waals surface area contributed by atoms with Gasteiger partial charge in [-0.25, -0.2) is 0 Å². The number of anilines is 1. The van der Waals surface area contributed by atoms with E-state index in [-0.39, 0.29) is 6.04 Å². The van der Waals surface area contributed by atoms with E-state index in [4.69, 9.17) is 5.73 Å². The Bertz CT molecular complexity index is 419. The quantitative estimate of drug-likeness (QED) is 0.864. The molecule has 0 amide bonds. The molecule has 3 rings (SSSR count). The Hall–Kier alpha value is -1.02. The smallest absolute Gasteiger partial charge is 0.0405 e. The summed E-state index contributed by atoms with van der Waals surface area (Å²) in [5.74, 6) is 0. The van der Waals surface area contributed by atoms with E-state index >= 15 is 0 Å². The van der Waals surface area contributed by atoms with Gasteiger partial charge in [0.1, 0.15) is 0 Å². The van der Waals surface area contributed by atoms with Crippen LogP contribution in [0, 0.1) is 0 Å². The molecule has 2 N–H and O–H groups in total. The Kier molecular flexibility index (Phi) is 3.29. The summed E-state index contributed by atoms with van der Waals surface area (Å²) in [7, 11) is 0. The van der Waals surface area contributed by atoms with E-state index in [0.29, 0.717) is 0 Å². The van der Waals surface area contributed by atoms with E-state index in [9.17, 15) is 0 Å². The first-order valence-corrected chi connectivity index (χ1v) is 7.41. The topological polar surface area (TPSA) is 29.3 Å². The highest BCUT2D eigenvalue weighted by Crippen LogP contribution is 2.37. The fraction of sp³-hybridized carbons (Fsp3) is 0.625. The van der Waals surface area contributed by atoms with Crippen molar-refractivity contribution in [1.29, 1.82) is 0 Å². The Morgan fingerprint density at radius 1 is 1.22 bits per heavy atom. The van der Waals surface area contributed by atoms with Crippen LogP contribution in [0.2, 0.25) is 0 Å². The monoisotopic (exact) mass is 244 g/mol. The molecule has 1 saturated carbocycles. The highest BCUT2D eigenvalue weighted by atomic mass is 15.2. The lowest BCUT2D eigenvalue weighted by molar-refractivity contribution is 0.420. The van der Waals surface area contributed by atoms with Crippen LogP contribution >= 0.6 is 0 Å². The lowest BCUT2D eigenvalue weighted by atomic mass is 9.94. The molecule has 1 atom stereocenters. The predicted molar refractivity (Wildman–Crippen MR) is 77.0 cm³/mol. The zero-order chi connectivity index (χ0) is 12.5. The van der Waals surface area contributed by atoms with Gasteiger partial charge in [0.15, 0.2) is 0 Å². The molecule has 2 aliphatic rings. The van der Waals surface area contributed by atoms with Gasteiger partial charge in [0.05, 0.1) is 0 Å². The summed E-state index contributed by atoms with van der Waals surface area (Å²) in [5, 5.41) is 0. The first-order valence-electron chi connectivity index (χ1n) is 7.41. The number of benzene rings is 1. The van der Waals surface area contributed by atoms with E-state index in [1.54, 1.807) is 0 Å². The van der Waals surface area contributed by atoms with Crippen LogP contribution in [0.15, 0.2) is 18.2 Å². The van der Waals surface area contributed by atoms with Crippen LogP contribution in [-0.4, -0.2) is 12.6 Å². The maximum absolute atomic E-state index is 6.09. The standard InChI is InChI=1S/C16H24N2/c1-12(17)14-8-5-9-16-15(14)10-11-18(16)13-6-3-2-4-7-13/h5,8-9,12-13H,2-4,6-7,10-11,17H2,1H3. The van der Waals surface area contributed by atoms with E-state index in [0.717, 1.165) is 6.04 Å². The second kappa shape index (κ2) is 4.93. The van der Waals surface area contributed by atoms with Crippen LogP contribution in [0.4, 0.5) is 5.69 Å². The Morgan fingerprint density at radius 2 is 2.00 bits per heavy atom. The van der Waals surface area contributed by atoms with Crippen LogP contribution in [0.5, 0.6) is 0 Å². The van der Waals surface area contributed by atoms with E-state index < -0.39 is 0 Å². The molecule has 1 heterocycles. The lowest BCUT2D eigenvalue weighted by Gasteiger charge is -2.33. The van der Waals surface area contributed by atoms with E-state index in [1.165, 1.54) is 61.9 Å². The SMILES string of the molecule is CC(N)c1cccc2c1CCN2C1CCCCC1. The molecule has 2 heteroatoms. The molecule has 1 aliphatic heterocycles. The van der Waals surface area contributed by atoms with Gasteiger partial charge in [-0.3, -0.25) is 0 Å². The minimum atomic E-state index is 0.159. The maximum atomic E-state index is 6.09. The van der Waals surface area contributed by atoms with Gasteiger partial charge in [-0.15, -0.1) is 0 Å². The first kappa shape index (κ1) is 12.0. The molecule has 0 aromatic heterocycles. The molecule has 1 aromatic carbocycles. The maximum Gasteiger partial charge on any atom is 0.0405 e. The highest BCUT2D eigenvalue weighted by Gasteiger charge is 2.28. The van der Waals surface area contributed by atoms with Gasteiger partial charge < -0.3 is 10.6 Å². The van der Waals surface area contributed by atoms with Crippen LogP contribution < -0.4 is 10.6 Å². The average molecular weight is 244 g/mol. The van der Waals surface area contributed by atoms with Gasteiger partial charge >= 0.3 is 0 Å². The Balaban J connectivity index is 1.89. The second-order valence-corrected chi connectivity index (χ2v) is 5.87. The molecule has 0 spiro atoms. The third-order valence-electron chi connectivity index (χ3n) is 4.61. The minimum absolute atomic E-state index is 0.159. The molecule has 0 bridgehead atoms. The van der Waals surface area contributed by atoms with E-state index in [1.807, 2.05) is 0 Å². The van der Waals surface area contributed by atoms with Gasteiger partial charge in [0, 0.05) is 24.3 Å². The van der Waals surface area contributed by atoms with Crippen molar-refractivity contribution < 1.29 is 0 Å². The van der Waals surface area contributed by atoms with Crippen LogP contribution in [0.1, 0.15) is 56.2 Å². The van der Waals surface area contributed by atoms with Gasteiger partial charge in [-0.2, -0.15) is 0 Å². The van der Waals surface area contributed by atoms with Crippen molar-refractivity contribution in [3.8, 4) is 0 Å². The van der Waals surface area contributed by atoms with Crippen molar-refractivity contribution in [2.75, 3.05) is 11.4 Å². The molecule has 1 unspecified atom stereocenters. The first-order chi connectivity index (χ1) is 8.77. The molecule has 1 aromatic rings. The molecule has 0 saturated heterocycles. The summed E-state index contributed by atoms with van der Waals surface area (Å²) in [6.45, 7) is 3.29. The summed E-state index contributed by atoms with van der Waals surface area (Å²) in [6.07, 6.45) is 8.18. The van der Waals surface area contributed by atoms with Crippen molar-refractivity contribution >= 4 is 5.69 Å². The number of fused-ring (bicyclic) bond motifs is 1. The average Bonchev–Trinajstić information content (AvgIpc) is 2.83. The van der Waals surface area contributed by atoms with Crippen molar-refractivity contribution in [3.63, 3.8) is 0 Å². The number of nitrogens with two attached hydrogens (primary N) is 1. The predicted octanol–water partition coefficient (Wildman–Crippen LogP) is 3.40. The number of hydrogen-bond acceptors (Lipinski definition) is 2. The zero-order valence-corrected chi connectivity index (χ0v) is 11.4. The van der Waals surface area contributed by atoms with Crippen LogP contribution in [-0.2, 0) is 6.42 Å². The number of rotatable bonds is 2. The van der Waals surface area contributed by atoms with Crippen molar-refractivity contribution in [2.24, 2.45) is 5.73 Å². The zero-order valence-electron chi connectivity index (χ0n) is 11.4. The highest BCUT2D eigenvalue weighted by molar-refractivity contribution is 5.62. The van der Waals surface area contributed by atoms with Crippen molar-refractivity contribution in [1.82, 2.24) is 0 Å². The van der Waals surface area contributed by atoms with Crippen molar-refractivity contribution in [3.05, 3.63) is 29.3 Å². The Morgan fingerprint density at radius 3 is 2.72 bits per heavy atom. The third-order valence-corrected chi connectivity index (χ3v) is 4.61. The van der Waals surface area contributed by atoms with Crippen molar-refractivity contribution in [2.45, 2.75) is 57.5 Å². The van der Waals surface area contributed by atoms with Crippen LogP contribution in [0.3, 0.4) is 0 Å². The molecular weight excluding hydrogens is 220 g/mol.